The molecule has 0 saturated heterocycles. The van der Waals surface area contributed by atoms with E-state index in [1.54, 1.807) is 0 Å². The molecule has 108 valence electrons. The Morgan fingerprint density at radius 3 is 2.30 bits per heavy atom. The van der Waals surface area contributed by atoms with Crippen LogP contribution in [0.4, 0.5) is 0 Å². The summed E-state index contributed by atoms with van der Waals surface area (Å²) in [5, 5.41) is 12.1. The van der Waals surface area contributed by atoms with E-state index < -0.39 is 0 Å². The molecule has 0 amide bonds. The van der Waals surface area contributed by atoms with Crippen molar-refractivity contribution in [2.24, 2.45) is 0 Å². The molecule has 0 aliphatic heterocycles. The first kappa shape index (κ1) is 14.7. The Labute approximate surface area is 121 Å². The van der Waals surface area contributed by atoms with E-state index in [0.29, 0.717) is 0 Å². The van der Waals surface area contributed by atoms with Crippen molar-refractivity contribution in [2.45, 2.75) is 46.1 Å². The van der Waals surface area contributed by atoms with Gasteiger partial charge in [0.2, 0.25) is 0 Å². The topological polar surface area (TPSA) is 42.7 Å². The van der Waals surface area contributed by atoms with Gasteiger partial charge >= 0.3 is 0 Å². The normalized spacial score (nSPS) is 12.6. The molecule has 4 nitrogen and oxygen atoms in total. The zero-order chi connectivity index (χ0) is 14.5. The molecule has 0 aliphatic carbocycles. The van der Waals surface area contributed by atoms with Gasteiger partial charge in [-0.3, -0.25) is 0 Å². The molecule has 0 aliphatic rings. The van der Waals surface area contributed by atoms with Crippen LogP contribution in [0.2, 0.25) is 0 Å². The van der Waals surface area contributed by atoms with Gasteiger partial charge in [-0.05, 0) is 44.0 Å². The predicted molar refractivity (Wildman–Crippen MR) is 82.2 cm³/mol. The number of rotatable bonds is 6. The second-order valence-electron chi connectivity index (χ2n) is 4.96. The van der Waals surface area contributed by atoms with Crippen molar-refractivity contribution in [3.63, 3.8) is 0 Å². The maximum Gasteiger partial charge on any atom is 0.103 e. The molecule has 1 aromatic carbocycles. The number of hydrogen-bond acceptors (Lipinski definition) is 3. The molecule has 4 heteroatoms. The first-order valence-electron chi connectivity index (χ1n) is 7.46. The Hall–Kier alpha value is -1.68. The summed E-state index contributed by atoms with van der Waals surface area (Å²) >= 11 is 0. The van der Waals surface area contributed by atoms with Gasteiger partial charge in [-0.2, -0.15) is 0 Å². The Balaban J connectivity index is 2.41. The van der Waals surface area contributed by atoms with E-state index in [-0.39, 0.29) is 6.04 Å². The molecule has 1 N–H and O–H groups in total. The number of aromatic nitrogens is 3. The number of hydrogen-bond donors (Lipinski definition) is 1. The zero-order valence-corrected chi connectivity index (χ0v) is 12.8. The van der Waals surface area contributed by atoms with Crippen molar-refractivity contribution in [1.29, 1.82) is 0 Å². The highest BCUT2D eigenvalue weighted by Gasteiger charge is 2.18. The van der Waals surface area contributed by atoms with Gasteiger partial charge in [-0.25, -0.2) is 4.68 Å². The summed E-state index contributed by atoms with van der Waals surface area (Å²) in [6, 6.07) is 8.83. The van der Waals surface area contributed by atoms with Crippen molar-refractivity contribution in [3.8, 4) is 5.69 Å². The molecule has 0 fully saturated rings. The van der Waals surface area contributed by atoms with Gasteiger partial charge in [0.05, 0.1) is 17.4 Å². The highest BCUT2D eigenvalue weighted by atomic mass is 15.4. The smallest absolute Gasteiger partial charge is 0.103 e. The third-order valence-corrected chi connectivity index (χ3v) is 3.80. The maximum absolute atomic E-state index is 4.40. The van der Waals surface area contributed by atoms with Crippen LogP contribution in [-0.4, -0.2) is 22.0 Å². The maximum atomic E-state index is 4.40. The largest absolute Gasteiger partial charge is 0.312 e. The van der Waals surface area contributed by atoms with Crippen molar-refractivity contribution in [1.82, 2.24) is 20.3 Å². The van der Waals surface area contributed by atoms with Crippen LogP contribution in [0.15, 0.2) is 24.3 Å². The molecule has 1 heterocycles. The second-order valence-corrected chi connectivity index (χ2v) is 4.96. The van der Waals surface area contributed by atoms with Crippen LogP contribution in [0.3, 0.4) is 0 Å². The fourth-order valence-electron chi connectivity index (χ4n) is 2.53. The van der Waals surface area contributed by atoms with Crippen molar-refractivity contribution >= 4 is 0 Å². The summed E-state index contributed by atoms with van der Waals surface area (Å²) in [6.45, 7) is 6.48. The average Bonchev–Trinajstić information content (AvgIpc) is 2.92. The molecule has 1 unspecified atom stereocenters. The van der Waals surface area contributed by atoms with Crippen LogP contribution in [-0.2, 0) is 12.8 Å². The lowest BCUT2D eigenvalue weighted by atomic mass is 10.1. The van der Waals surface area contributed by atoms with Crippen molar-refractivity contribution in [2.75, 3.05) is 7.05 Å². The summed E-state index contributed by atoms with van der Waals surface area (Å²) in [6.07, 6.45) is 2.99. The first-order chi connectivity index (χ1) is 9.74. The second kappa shape index (κ2) is 6.66. The number of benzene rings is 1. The molecule has 20 heavy (non-hydrogen) atoms. The minimum Gasteiger partial charge on any atom is -0.312 e. The molecule has 1 aromatic heterocycles. The molecule has 0 radical (unpaired) electrons. The SMILES string of the molecule is CCc1ccc(-n2nnc(C(CC)NC)c2CC)cc1. The summed E-state index contributed by atoms with van der Waals surface area (Å²) in [7, 11) is 1.97. The van der Waals surface area contributed by atoms with Crippen molar-refractivity contribution in [3.05, 3.63) is 41.2 Å². The monoisotopic (exact) mass is 272 g/mol. The molecule has 2 aromatic rings. The van der Waals surface area contributed by atoms with E-state index in [4.69, 9.17) is 0 Å². The molecule has 0 bridgehead atoms. The quantitative estimate of drug-likeness (QED) is 0.879. The van der Waals surface area contributed by atoms with Gasteiger partial charge in [-0.1, -0.05) is 38.1 Å². The van der Waals surface area contributed by atoms with Gasteiger partial charge in [0.25, 0.3) is 0 Å². The van der Waals surface area contributed by atoms with Crippen molar-refractivity contribution < 1.29 is 0 Å². The number of aryl methyl sites for hydroxylation is 1. The van der Waals surface area contributed by atoms with Crippen LogP contribution in [0.5, 0.6) is 0 Å². The lowest BCUT2D eigenvalue weighted by Crippen LogP contribution is -2.17. The highest BCUT2D eigenvalue weighted by molar-refractivity contribution is 5.36. The van der Waals surface area contributed by atoms with Crippen LogP contribution in [0.1, 0.15) is 50.2 Å². The number of nitrogens with one attached hydrogen (secondary N) is 1. The van der Waals surface area contributed by atoms with Gasteiger partial charge < -0.3 is 5.32 Å². The zero-order valence-electron chi connectivity index (χ0n) is 12.8. The minimum atomic E-state index is 0.272. The summed E-state index contributed by atoms with van der Waals surface area (Å²) in [5.74, 6) is 0. The molecule has 0 saturated carbocycles. The highest BCUT2D eigenvalue weighted by Crippen LogP contribution is 2.21. The average molecular weight is 272 g/mol. The fourth-order valence-corrected chi connectivity index (χ4v) is 2.53. The van der Waals surface area contributed by atoms with Crippen LogP contribution in [0, 0.1) is 0 Å². The molecule has 2 rings (SSSR count). The molecular formula is C16H24N4. The summed E-state index contributed by atoms with van der Waals surface area (Å²) in [4.78, 5) is 0. The summed E-state index contributed by atoms with van der Waals surface area (Å²) in [5.41, 5.74) is 4.69. The number of nitrogens with zero attached hydrogens (tertiary/aromatic N) is 3. The molecule has 1 atom stereocenters. The Kier molecular flexibility index (Phi) is 4.90. The van der Waals surface area contributed by atoms with Crippen LogP contribution in [0.25, 0.3) is 5.69 Å². The van der Waals surface area contributed by atoms with E-state index in [2.05, 4.69) is 60.7 Å². The first-order valence-corrected chi connectivity index (χ1v) is 7.46. The van der Waals surface area contributed by atoms with E-state index in [1.807, 2.05) is 11.7 Å². The predicted octanol–water partition coefficient (Wildman–Crippen LogP) is 3.06. The van der Waals surface area contributed by atoms with E-state index in [0.717, 1.165) is 30.6 Å². The third-order valence-electron chi connectivity index (χ3n) is 3.80. The standard InChI is InChI=1S/C16H24N4/c1-5-12-8-10-13(11-9-12)20-15(7-3)16(18-19-20)14(6-2)17-4/h8-11,14,17H,5-7H2,1-4H3. The fraction of sp³-hybridized carbons (Fsp3) is 0.500. The van der Waals surface area contributed by atoms with Gasteiger partial charge in [0.1, 0.15) is 5.69 Å². The third kappa shape index (κ3) is 2.75. The lowest BCUT2D eigenvalue weighted by molar-refractivity contribution is 0.555. The van der Waals surface area contributed by atoms with Gasteiger partial charge in [0, 0.05) is 0 Å². The van der Waals surface area contributed by atoms with Crippen LogP contribution >= 0.6 is 0 Å². The molecular weight excluding hydrogens is 248 g/mol. The van der Waals surface area contributed by atoms with Crippen LogP contribution < -0.4 is 5.32 Å². The Bertz CT molecular complexity index is 538. The van der Waals surface area contributed by atoms with E-state index in [1.165, 1.54) is 11.3 Å². The van der Waals surface area contributed by atoms with Gasteiger partial charge in [-0.15, -0.1) is 5.10 Å². The lowest BCUT2D eigenvalue weighted by Gasteiger charge is -2.13. The van der Waals surface area contributed by atoms with E-state index in [9.17, 15) is 0 Å². The molecule has 0 spiro atoms. The van der Waals surface area contributed by atoms with Gasteiger partial charge in [0.15, 0.2) is 0 Å². The summed E-state index contributed by atoms with van der Waals surface area (Å²) < 4.78 is 1.97. The Morgan fingerprint density at radius 1 is 1.10 bits per heavy atom. The van der Waals surface area contributed by atoms with E-state index >= 15 is 0 Å². The Morgan fingerprint density at radius 2 is 1.80 bits per heavy atom. The minimum absolute atomic E-state index is 0.272.